The Balaban J connectivity index is 1.28. The minimum Gasteiger partial charge on any atom is -0.494 e. The van der Waals surface area contributed by atoms with E-state index in [4.69, 9.17) is 4.74 Å². The number of aromatic nitrogens is 2. The van der Waals surface area contributed by atoms with E-state index in [1.165, 1.54) is 108 Å². The maximum Gasteiger partial charge on any atom is 0.159 e. The van der Waals surface area contributed by atoms with Crippen LogP contribution in [0.1, 0.15) is 129 Å². The lowest BCUT2D eigenvalue weighted by Crippen LogP contribution is -2.15. The van der Waals surface area contributed by atoms with Gasteiger partial charge in [0, 0.05) is 18.0 Å². The molecule has 0 aliphatic heterocycles. The van der Waals surface area contributed by atoms with Crippen LogP contribution in [-0.2, 0) is 6.42 Å². The van der Waals surface area contributed by atoms with Crippen LogP contribution < -0.4 is 4.74 Å². The molecule has 0 radical (unpaired) electrons. The van der Waals surface area contributed by atoms with Crippen molar-refractivity contribution in [1.29, 1.82) is 0 Å². The average molecular weight is 493 g/mol. The Hall–Kier alpha value is -1.90. The van der Waals surface area contributed by atoms with E-state index in [2.05, 4.69) is 48.1 Å². The molecule has 1 aromatic carbocycles. The first-order valence-electron chi connectivity index (χ1n) is 15.3. The van der Waals surface area contributed by atoms with Crippen LogP contribution in [0.4, 0.5) is 0 Å². The summed E-state index contributed by atoms with van der Waals surface area (Å²) in [4.78, 5) is 9.22. The van der Waals surface area contributed by atoms with E-state index in [-0.39, 0.29) is 0 Å². The summed E-state index contributed by atoms with van der Waals surface area (Å²) in [5, 5.41) is 0. The summed E-state index contributed by atoms with van der Waals surface area (Å²) >= 11 is 0. The predicted molar refractivity (Wildman–Crippen MR) is 153 cm³/mol. The van der Waals surface area contributed by atoms with Crippen molar-refractivity contribution in [3.63, 3.8) is 0 Å². The van der Waals surface area contributed by atoms with Crippen molar-refractivity contribution in [3.05, 3.63) is 42.2 Å². The third kappa shape index (κ3) is 11.0. The van der Waals surface area contributed by atoms with E-state index in [0.717, 1.165) is 48.4 Å². The van der Waals surface area contributed by atoms with Crippen LogP contribution in [0.15, 0.2) is 36.7 Å². The van der Waals surface area contributed by atoms with Crippen LogP contribution >= 0.6 is 0 Å². The van der Waals surface area contributed by atoms with Crippen LogP contribution in [0.2, 0.25) is 0 Å². The highest BCUT2D eigenvalue weighted by atomic mass is 16.5. The highest BCUT2D eigenvalue weighted by Gasteiger charge is 2.20. The number of rotatable bonds is 18. The molecule has 3 nitrogen and oxygen atoms in total. The molecule has 0 amide bonds. The molecule has 0 spiro atoms. The van der Waals surface area contributed by atoms with Gasteiger partial charge in [-0.1, -0.05) is 104 Å². The van der Waals surface area contributed by atoms with Crippen molar-refractivity contribution in [2.45, 2.75) is 129 Å². The second kappa shape index (κ2) is 17.5. The Kier molecular flexibility index (Phi) is 14.0. The summed E-state index contributed by atoms with van der Waals surface area (Å²) < 4.78 is 6.04. The average Bonchev–Trinajstić information content (AvgIpc) is 2.92. The van der Waals surface area contributed by atoms with Crippen molar-refractivity contribution in [1.82, 2.24) is 9.97 Å². The fourth-order valence-corrected chi connectivity index (χ4v) is 5.67. The molecular formula is C33H52N2O. The summed E-state index contributed by atoms with van der Waals surface area (Å²) in [5.41, 5.74) is 2.30. The zero-order valence-electron chi connectivity index (χ0n) is 23.4. The first-order chi connectivity index (χ1) is 17.8. The van der Waals surface area contributed by atoms with Gasteiger partial charge in [0.1, 0.15) is 5.75 Å². The van der Waals surface area contributed by atoms with Crippen LogP contribution in [0.25, 0.3) is 11.4 Å². The first kappa shape index (κ1) is 28.7. The van der Waals surface area contributed by atoms with Gasteiger partial charge in [-0.3, -0.25) is 0 Å². The number of unbranched alkanes of at least 4 members (excludes halogenated alkanes) is 8. The molecule has 3 rings (SSSR count). The third-order valence-electron chi connectivity index (χ3n) is 8.09. The van der Waals surface area contributed by atoms with Crippen LogP contribution in [0.5, 0.6) is 5.75 Å². The van der Waals surface area contributed by atoms with Gasteiger partial charge in [-0.25, -0.2) is 9.97 Å². The molecule has 0 bridgehead atoms. The van der Waals surface area contributed by atoms with Gasteiger partial charge in [0.05, 0.1) is 6.61 Å². The maximum absolute atomic E-state index is 6.04. The SMILES string of the molecule is CCCCCCCCc1cnc(-c2ccc(OCCC[C@H]3CC[C@H](CCCCCC)CC3)cc2)nc1. The van der Waals surface area contributed by atoms with Crippen LogP contribution in [0.3, 0.4) is 0 Å². The van der Waals surface area contributed by atoms with Crippen molar-refractivity contribution in [2.75, 3.05) is 6.61 Å². The summed E-state index contributed by atoms with van der Waals surface area (Å²) in [6.07, 6.45) is 28.4. The molecule has 1 aliphatic carbocycles. The Labute approximate surface area is 221 Å². The van der Waals surface area contributed by atoms with Gasteiger partial charge in [0.25, 0.3) is 0 Å². The van der Waals surface area contributed by atoms with Crippen molar-refractivity contribution < 1.29 is 4.74 Å². The topological polar surface area (TPSA) is 35.0 Å². The molecule has 36 heavy (non-hydrogen) atoms. The van der Waals surface area contributed by atoms with E-state index in [9.17, 15) is 0 Å². The minimum absolute atomic E-state index is 0.800. The number of hydrogen-bond donors (Lipinski definition) is 0. The molecule has 1 fully saturated rings. The first-order valence-corrected chi connectivity index (χ1v) is 15.3. The summed E-state index contributed by atoms with van der Waals surface area (Å²) in [6, 6.07) is 8.29. The Morgan fingerprint density at radius 3 is 1.86 bits per heavy atom. The summed E-state index contributed by atoms with van der Waals surface area (Å²) in [5.74, 6) is 3.68. The minimum atomic E-state index is 0.800. The second-order valence-electron chi connectivity index (χ2n) is 11.2. The largest absolute Gasteiger partial charge is 0.494 e. The second-order valence-corrected chi connectivity index (χ2v) is 11.2. The number of ether oxygens (including phenoxy) is 1. The fourth-order valence-electron chi connectivity index (χ4n) is 5.67. The number of benzene rings is 1. The van der Waals surface area contributed by atoms with E-state index in [1.54, 1.807) is 0 Å². The van der Waals surface area contributed by atoms with Gasteiger partial charge in [-0.2, -0.15) is 0 Å². The van der Waals surface area contributed by atoms with Crippen molar-refractivity contribution in [3.8, 4) is 17.1 Å². The molecular weight excluding hydrogens is 440 g/mol. The molecule has 1 aromatic heterocycles. The van der Waals surface area contributed by atoms with Gasteiger partial charge >= 0.3 is 0 Å². The van der Waals surface area contributed by atoms with Crippen LogP contribution in [-0.4, -0.2) is 16.6 Å². The van der Waals surface area contributed by atoms with Gasteiger partial charge in [-0.05, 0) is 67.3 Å². The van der Waals surface area contributed by atoms with Crippen molar-refractivity contribution >= 4 is 0 Å². The normalized spacial score (nSPS) is 17.8. The standard InChI is InChI=1S/C33H52N2O/c1-3-5-7-9-10-12-15-30-26-34-33(35-27-30)31-21-23-32(24-22-31)36-25-13-16-29-19-17-28(18-20-29)14-11-8-6-4-2/h21-24,26-29H,3-20,25H2,1-2H3/t28-,29-. The lowest BCUT2D eigenvalue weighted by molar-refractivity contribution is 0.228. The van der Waals surface area contributed by atoms with Crippen molar-refractivity contribution in [2.24, 2.45) is 11.8 Å². The van der Waals surface area contributed by atoms with Gasteiger partial charge in [0.2, 0.25) is 0 Å². The van der Waals surface area contributed by atoms with Crippen LogP contribution in [0, 0.1) is 11.8 Å². The monoisotopic (exact) mass is 492 g/mol. The Bertz CT molecular complexity index is 793. The lowest BCUT2D eigenvalue weighted by Gasteiger charge is -2.28. The fraction of sp³-hybridized carbons (Fsp3) is 0.697. The molecule has 3 heteroatoms. The Morgan fingerprint density at radius 2 is 1.22 bits per heavy atom. The van der Waals surface area contributed by atoms with Gasteiger partial charge in [-0.15, -0.1) is 0 Å². The van der Waals surface area contributed by atoms with E-state index >= 15 is 0 Å². The molecule has 0 N–H and O–H groups in total. The molecule has 1 saturated carbocycles. The summed E-state index contributed by atoms with van der Waals surface area (Å²) in [7, 11) is 0. The Morgan fingerprint density at radius 1 is 0.667 bits per heavy atom. The number of aryl methyl sites for hydroxylation is 1. The molecule has 1 aliphatic rings. The number of nitrogens with zero attached hydrogens (tertiary/aromatic N) is 2. The number of hydrogen-bond acceptors (Lipinski definition) is 3. The van der Waals surface area contributed by atoms with E-state index in [1.807, 2.05) is 12.4 Å². The highest BCUT2D eigenvalue weighted by molar-refractivity contribution is 5.55. The molecule has 0 atom stereocenters. The zero-order chi connectivity index (χ0) is 25.3. The smallest absolute Gasteiger partial charge is 0.159 e. The zero-order valence-corrected chi connectivity index (χ0v) is 23.4. The highest BCUT2D eigenvalue weighted by Crippen LogP contribution is 2.34. The maximum atomic E-state index is 6.04. The predicted octanol–water partition coefficient (Wildman–Crippen LogP) is 9.98. The van der Waals surface area contributed by atoms with Gasteiger partial charge in [0.15, 0.2) is 5.82 Å². The molecule has 2 aromatic rings. The molecule has 1 heterocycles. The molecule has 0 unspecified atom stereocenters. The molecule has 200 valence electrons. The summed E-state index contributed by atoms with van der Waals surface area (Å²) in [6.45, 7) is 5.39. The quantitative estimate of drug-likeness (QED) is 0.194. The van der Waals surface area contributed by atoms with Gasteiger partial charge < -0.3 is 4.74 Å². The molecule has 0 saturated heterocycles. The third-order valence-corrected chi connectivity index (χ3v) is 8.09. The van der Waals surface area contributed by atoms with E-state index in [0.29, 0.717) is 0 Å². The lowest BCUT2D eigenvalue weighted by atomic mass is 9.78. The van der Waals surface area contributed by atoms with E-state index < -0.39 is 0 Å².